The highest BCUT2D eigenvalue weighted by atomic mass is 16.1. The molecule has 0 fully saturated rings. The van der Waals surface area contributed by atoms with Crippen LogP contribution in [0.5, 0.6) is 0 Å². The number of amides is 1. The van der Waals surface area contributed by atoms with Crippen LogP contribution in [0.3, 0.4) is 0 Å². The highest BCUT2D eigenvalue weighted by Crippen LogP contribution is 2.13. The molecule has 0 spiro atoms. The lowest BCUT2D eigenvalue weighted by molar-refractivity contribution is -0.123. The fourth-order valence-electron chi connectivity index (χ4n) is 2.28. The topological polar surface area (TPSA) is 65.5 Å². The van der Waals surface area contributed by atoms with Crippen molar-refractivity contribution in [1.82, 2.24) is 16.0 Å². The maximum absolute atomic E-state index is 11.5. The number of unbranched alkanes of at least 4 members (excludes halogenated alkanes) is 1. The Bertz CT molecular complexity index is 316. The molecule has 0 aliphatic rings. The van der Waals surface area contributed by atoms with Crippen LogP contribution in [0.1, 0.15) is 59.8 Å². The van der Waals surface area contributed by atoms with E-state index in [9.17, 15) is 4.79 Å². The van der Waals surface area contributed by atoms with E-state index in [1.807, 2.05) is 13.8 Å². The average Bonchev–Trinajstić information content (AvgIpc) is 2.51. The smallest absolute Gasteiger partial charge is 0.222 e. The first-order chi connectivity index (χ1) is 10.5. The van der Waals surface area contributed by atoms with Gasteiger partial charge < -0.3 is 16.0 Å². The van der Waals surface area contributed by atoms with Gasteiger partial charge in [-0.25, -0.2) is 0 Å². The quantitative estimate of drug-likeness (QED) is 0.312. The van der Waals surface area contributed by atoms with Gasteiger partial charge in [0.05, 0.1) is 0 Å². The number of carbonyl (C=O) groups excluding carboxylic acids is 1. The second kappa shape index (κ2) is 13.4. The highest BCUT2D eigenvalue weighted by Gasteiger charge is 2.09. The Balaban J connectivity index is 3.97. The molecule has 0 saturated heterocycles. The van der Waals surface area contributed by atoms with Gasteiger partial charge in [-0.05, 0) is 18.8 Å². The van der Waals surface area contributed by atoms with Crippen molar-refractivity contribution in [2.75, 3.05) is 26.7 Å². The Morgan fingerprint density at radius 1 is 1.00 bits per heavy atom. The lowest BCUT2D eigenvalue weighted by Gasteiger charge is -2.19. The van der Waals surface area contributed by atoms with E-state index in [4.69, 9.17) is 0 Å². The van der Waals surface area contributed by atoms with Crippen molar-refractivity contribution in [1.29, 1.82) is 0 Å². The molecule has 0 aromatic rings. The van der Waals surface area contributed by atoms with Crippen LogP contribution in [0.15, 0.2) is 4.99 Å². The summed E-state index contributed by atoms with van der Waals surface area (Å²) in [7, 11) is 1.78. The number of guanidine groups is 1. The van der Waals surface area contributed by atoms with Crippen molar-refractivity contribution < 1.29 is 4.79 Å². The first kappa shape index (κ1) is 20.7. The molecule has 0 rings (SSSR count). The molecule has 0 saturated carbocycles. The molecule has 5 nitrogen and oxygen atoms in total. The Kier molecular flexibility index (Phi) is 12.6. The zero-order valence-electron chi connectivity index (χ0n) is 15.2. The SMILES string of the molecule is CCCCC(CCC)CNC(=NC)NCCNC(=O)C(C)C. The fraction of sp³-hybridized carbons (Fsp3) is 0.882. The minimum absolute atomic E-state index is 0.0332. The normalized spacial score (nSPS) is 13.1. The zero-order valence-corrected chi connectivity index (χ0v) is 15.2. The maximum atomic E-state index is 11.5. The summed E-state index contributed by atoms with van der Waals surface area (Å²) < 4.78 is 0. The summed E-state index contributed by atoms with van der Waals surface area (Å²) in [4.78, 5) is 15.7. The Hall–Kier alpha value is -1.26. The third kappa shape index (κ3) is 10.5. The molecule has 22 heavy (non-hydrogen) atoms. The number of nitrogens with zero attached hydrogens (tertiary/aromatic N) is 1. The molecule has 0 aromatic carbocycles. The van der Waals surface area contributed by atoms with Gasteiger partial charge in [0.25, 0.3) is 0 Å². The van der Waals surface area contributed by atoms with Crippen molar-refractivity contribution >= 4 is 11.9 Å². The molecule has 0 aromatic heterocycles. The standard InChI is InChI=1S/C17H36N4O/c1-6-8-10-15(9-7-2)13-21-17(18-5)20-12-11-19-16(22)14(3)4/h14-15H,6-13H2,1-5H3,(H,19,22)(H2,18,20,21). The maximum Gasteiger partial charge on any atom is 0.222 e. The number of aliphatic imine (C=N–C) groups is 1. The van der Waals surface area contributed by atoms with Gasteiger partial charge in [0.1, 0.15) is 0 Å². The van der Waals surface area contributed by atoms with E-state index in [1.165, 1.54) is 32.1 Å². The third-order valence-corrected chi connectivity index (χ3v) is 3.69. The van der Waals surface area contributed by atoms with Gasteiger partial charge in [-0.3, -0.25) is 9.79 Å². The lowest BCUT2D eigenvalue weighted by Crippen LogP contribution is -2.43. The van der Waals surface area contributed by atoms with Crippen LogP contribution in [-0.4, -0.2) is 38.5 Å². The zero-order chi connectivity index (χ0) is 16.8. The second-order valence-corrected chi connectivity index (χ2v) is 6.12. The van der Waals surface area contributed by atoms with Crippen LogP contribution >= 0.6 is 0 Å². The first-order valence-electron chi connectivity index (χ1n) is 8.77. The third-order valence-electron chi connectivity index (χ3n) is 3.69. The minimum Gasteiger partial charge on any atom is -0.356 e. The van der Waals surface area contributed by atoms with E-state index < -0.39 is 0 Å². The van der Waals surface area contributed by atoms with Gasteiger partial charge in [0.15, 0.2) is 5.96 Å². The summed E-state index contributed by atoms with van der Waals surface area (Å²) in [6.07, 6.45) is 6.30. The molecule has 0 aliphatic carbocycles. The molecule has 3 N–H and O–H groups in total. The predicted octanol–water partition coefficient (Wildman–Crippen LogP) is 2.53. The van der Waals surface area contributed by atoms with E-state index in [2.05, 4.69) is 34.8 Å². The van der Waals surface area contributed by atoms with E-state index >= 15 is 0 Å². The van der Waals surface area contributed by atoms with Crippen LogP contribution in [0.4, 0.5) is 0 Å². The molecule has 0 radical (unpaired) electrons. The molecule has 1 amide bonds. The second-order valence-electron chi connectivity index (χ2n) is 6.12. The molecule has 1 unspecified atom stereocenters. The lowest BCUT2D eigenvalue weighted by atomic mass is 9.97. The summed E-state index contributed by atoms with van der Waals surface area (Å²) in [6, 6.07) is 0. The van der Waals surface area contributed by atoms with Crippen molar-refractivity contribution in [2.24, 2.45) is 16.8 Å². The Morgan fingerprint density at radius 2 is 1.68 bits per heavy atom. The largest absolute Gasteiger partial charge is 0.356 e. The summed E-state index contributed by atoms with van der Waals surface area (Å²) >= 11 is 0. The van der Waals surface area contributed by atoms with Crippen molar-refractivity contribution in [3.8, 4) is 0 Å². The van der Waals surface area contributed by atoms with Crippen LogP contribution < -0.4 is 16.0 Å². The molecule has 0 heterocycles. The van der Waals surface area contributed by atoms with Crippen LogP contribution in [0, 0.1) is 11.8 Å². The predicted molar refractivity (Wildman–Crippen MR) is 95.1 cm³/mol. The van der Waals surface area contributed by atoms with E-state index in [1.54, 1.807) is 7.05 Å². The van der Waals surface area contributed by atoms with E-state index in [0.717, 1.165) is 12.5 Å². The number of hydrogen-bond acceptors (Lipinski definition) is 2. The van der Waals surface area contributed by atoms with Gasteiger partial charge in [-0.2, -0.15) is 0 Å². The van der Waals surface area contributed by atoms with Gasteiger partial charge in [-0.15, -0.1) is 0 Å². The first-order valence-corrected chi connectivity index (χ1v) is 8.77. The van der Waals surface area contributed by atoms with E-state index in [-0.39, 0.29) is 11.8 Å². The fourth-order valence-corrected chi connectivity index (χ4v) is 2.28. The molecule has 0 bridgehead atoms. The van der Waals surface area contributed by atoms with Crippen LogP contribution in [-0.2, 0) is 4.79 Å². The van der Waals surface area contributed by atoms with Gasteiger partial charge in [0, 0.05) is 32.6 Å². The summed E-state index contributed by atoms with van der Waals surface area (Å²) in [6.45, 7) is 10.5. The molecular formula is C17H36N4O. The van der Waals surface area contributed by atoms with Crippen molar-refractivity contribution in [3.63, 3.8) is 0 Å². The number of rotatable bonds is 11. The van der Waals surface area contributed by atoms with Crippen molar-refractivity contribution in [3.05, 3.63) is 0 Å². The van der Waals surface area contributed by atoms with Crippen molar-refractivity contribution in [2.45, 2.75) is 59.8 Å². The van der Waals surface area contributed by atoms with Crippen LogP contribution in [0.25, 0.3) is 0 Å². The number of hydrogen-bond donors (Lipinski definition) is 3. The number of nitrogens with one attached hydrogen (secondary N) is 3. The van der Waals surface area contributed by atoms with Gasteiger partial charge >= 0.3 is 0 Å². The molecule has 1 atom stereocenters. The monoisotopic (exact) mass is 312 g/mol. The molecule has 130 valence electrons. The minimum atomic E-state index is 0.0332. The summed E-state index contributed by atoms with van der Waals surface area (Å²) in [5.41, 5.74) is 0. The Labute approximate surface area is 136 Å². The highest BCUT2D eigenvalue weighted by molar-refractivity contribution is 5.80. The average molecular weight is 313 g/mol. The summed E-state index contributed by atoms with van der Waals surface area (Å²) in [5.74, 6) is 1.65. The Morgan fingerprint density at radius 3 is 2.23 bits per heavy atom. The molecular weight excluding hydrogens is 276 g/mol. The van der Waals surface area contributed by atoms with Crippen LogP contribution in [0.2, 0.25) is 0 Å². The molecule has 5 heteroatoms. The van der Waals surface area contributed by atoms with Gasteiger partial charge in [0.2, 0.25) is 5.91 Å². The van der Waals surface area contributed by atoms with E-state index in [0.29, 0.717) is 19.0 Å². The summed E-state index contributed by atoms with van der Waals surface area (Å²) in [5, 5.41) is 9.53. The van der Waals surface area contributed by atoms with Gasteiger partial charge in [-0.1, -0.05) is 47.0 Å². The molecule has 0 aliphatic heterocycles. The number of carbonyl (C=O) groups is 1.